The second-order valence-electron chi connectivity index (χ2n) is 7.32. The second kappa shape index (κ2) is 8.52. The van der Waals surface area contributed by atoms with Gasteiger partial charge in [-0.3, -0.25) is 4.72 Å². The normalized spacial score (nSPS) is 16.2. The smallest absolute Gasteiger partial charge is 0.238 e. The van der Waals surface area contributed by atoms with E-state index in [-0.39, 0.29) is 36.2 Å². The number of nitrogens with one attached hydrogen (secondary N) is 2. The van der Waals surface area contributed by atoms with Crippen LogP contribution in [0.4, 0.5) is 30.2 Å². The van der Waals surface area contributed by atoms with E-state index in [0.717, 1.165) is 6.07 Å². The molecule has 1 aliphatic carbocycles. The van der Waals surface area contributed by atoms with Crippen LogP contribution in [0.5, 0.6) is 0 Å². The number of sulfonamides is 1. The van der Waals surface area contributed by atoms with Gasteiger partial charge in [-0.15, -0.1) is 0 Å². The fourth-order valence-electron chi connectivity index (χ4n) is 3.18. The van der Waals surface area contributed by atoms with Crippen molar-refractivity contribution >= 4 is 49.7 Å². The summed E-state index contributed by atoms with van der Waals surface area (Å²) in [7, 11) is -4.14. The Balaban J connectivity index is 2.02. The lowest BCUT2D eigenvalue weighted by Gasteiger charge is -2.23. The molecule has 4 N–H and O–H groups in total. The lowest BCUT2D eigenvalue weighted by atomic mass is 10.1. The zero-order valence-electron chi connectivity index (χ0n) is 15.8. The van der Waals surface area contributed by atoms with Crippen LogP contribution in [0.15, 0.2) is 24.3 Å². The van der Waals surface area contributed by atoms with Crippen LogP contribution in [0.3, 0.4) is 0 Å². The Hall–Kier alpha value is -1.57. The monoisotopic (exact) mass is 556 g/mol. The quantitative estimate of drug-likeness (QED) is 0.372. The highest BCUT2D eigenvalue weighted by Gasteiger charge is 2.55. The summed E-state index contributed by atoms with van der Waals surface area (Å²) in [4.78, 5) is 0. The lowest BCUT2D eigenvalue weighted by Crippen LogP contribution is -2.34. The summed E-state index contributed by atoms with van der Waals surface area (Å²) >= 11 is 1.89. The Labute approximate surface area is 185 Å². The van der Waals surface area contributed by atoms with E-state index in [9.17, 15) is 26.7 Å². The molecule has 0 bridgehead atoms. The van der Waals surface area contributed by atoms with E-state index >= 15 is 0 Å². The third kappa shape index (κ3) is 4.53. The molecule has 0 unspecified atom stereocenters. The molecule has 30 heavy (non-hydrogen) atoms. The van der Waals surface area contributed by atoms with Gasteiger partial charge in [0, 0.05) is 3.57 Å². The first-order chi connectivity index (χ1) is 14.0. The predicted molar refractivity (Wildman–Crippen MR) is 116 cm³/mol. The maximum absolute atomic E-state index is 14.6. The van der Waals surface area contributed by atoms with Gasteiger partial charge in [0.05, 0.1) is 28.8 Å². The molecule has 2 aromatic rings. The van der Waals surface area contributed by atoms with Crippen molar-refractivity contribution in [2.75, 3.05) is 16.6 Å². The molecule has 2 aromatic carbocycles. The van der Waals surface area contributed by atoms with Crippen LogP contribution in [0.1, 0.15) is 24.8 Å². The minimum Gasteiger partial charge on any atom is -0.394 e. The lowest BCUT2D eigenvalue weighted by molar-refractivity contribution is 0.0858. The summed E-state index contributed by atoms with van der Waals surface area (Å²) < 4.78 is 70.4. The van der Waals surface area contributed by atoms with Crippen LogP contribution in [0.25, 0.3) is 0 Å². The van der Waals surface area contributed by atoms with Gasteiger partial charge in [0.15, 0.2) is 11.6 Å². The first kappa shape index (κ1) is 23.1. The van der Waals surface area contributed by atoms with Crippen molar-refractivity contribution in [3.05, 3.63) is 50.9 Å². The zero-order chi connectivity index (χ0) is 22.3. The summed E-state index contributed by atoms with van der Waals surface area (Å²) in [6, 6.07) is 4.90. The van der Waals surface area contributed by atoms with Crippen molar-refractivity contribution < 1.29 is 31.8 Å². The molecule has 3 rings (SSSR count). The minimum absolute atomic E-state index is 0.0874. The summed E-state index contributed by atoms with van der Waals surface area (Å²) in [5.41, 5.74) is -0.868. The Morgan fingerprint density at radius 1 is 1.17 bits per heavy atom. The topological polar surface area (TPSA) is 98.7 Å². The summed E-state index contributed by atoms with van der Waals surface area (Å²) in [5, 5.41) is 21.2. The molecule has 0 saturated heterocycles. The Kier molecular flexibility index (Phi) is 6.56. The van der Waals surface area contributed by atoms with Gasteiger partial charge in [-0.2, -0.15) is 0 Å². The third-order valence-corrected chi connectivity index (χ3v) is 7.90. The number of rotatable bonds is 8. The van der Waals surface area contributed by atoms with E-state index in [0.29, 0.717) is 3.57 Å². The molecule has 1 aliphatic rings. The van der Waals surface area contributed by atoms with E-state index in [2.05, 4.69) is 10.0 Å². The Bertz CT molecular complexity index is 1080. The average Bonchev–Trinajstić information content (AvgIpc) is 3.45. The molecule has 164 valence electrons. The molecule has 0 amide bonds. The van der Waals surface area contributed by atoms with Crippen LogP contribution in [0, 0.1) is 27.9 Å². The molecule has 0 radical (unpaired) electrons. The maximum atomic E-state index is 14.6. The number of halogens is 4. The Morgan fingerprint density at radius 2 is 1.83 bits per heavy atom. The minimum atomic E-state index is -4.14. The van der Waals surface area contributed by atoms with Gasteiger partial charge in [0.25, 0.3) is 0 Å². The molecule has 6 nitrogen and oxygen atoms in total. The average molecular weight is 556 g/mol. The van der Waals surface area contributed by atoms with Gasteiger partial charge in [-0.05, 0) is 78.6 Å². The van der Waals surface area contributed by atoms with Crippen molar-refractivity contribution in [2.24, 2.45) is 0 Å². The number of hydrogen-bond acceptors (Lipinski definition) is 5. The summed E-state index contributed by atoms with van der Waals surface area (Å²) in [5.74, 6) is -3.31. The van der Waals surface area contributed by atoms with Crippen LogP contribution in [0.2, 0.25) is 0 Å². The molecule has 0 aromatic heterocycles. The number of anilines is 3. The molecule has 1 fully saturated rings. The fourth-order valence-corrected chi connectivity index (χ4v) is 5.44. The summed E-state index contributed by atoms with van der Waals surface area (Å²) in [6.07, 6.45) is -0.933. The van der Waals surface area contributed by atoms with Crippen LogP contribution in [-0.2, 0) is 10.0 Å². The molecule has 1 atom stereocenters. The van der Waals surface area contributed by atoms with Gasteiger partial charge in [0.1, 0.15) is 11.5 Å². The zero-order valence-corrected chi connectivity index (χ0v) is 18.8. The van der Waals surface area contributed by atoms with E-state index < -0.39 is 50.6 Å². The molecule has 1 saturated carbocycles. The van der Waals surface area contributed by atoms with Crippen LogP contribution >= 0.6 is 22.6 Å². The van der Waals surface area contributed by atoms with Gasteiger partial charge in [-0.25, -0.2) is 21.6 Å². The first-order valence-corrected chi connectivity index (χ1v) is 11.6. The molecule has 11 heteroatoms. The highest BCUT2D eigenvalue weighted by atomic mass is 127. The predicted octanol–water partition coefficient (Wildman–Crippen LogP) is 3.78. The maximum Gasteiger partial charge on any atom is 0.238 e. The highest BCUT2D eigenvalue weighted by molar-refractivity contribution is 14.1. The highest BCUT2D eigenvalue weighted by Crippen LogP contribution is 2.49. The number of aliphatic hydroxyl groups excluding tert-OH is 2. The molecule has 0 heterocycles. The van der Waals surface area contributed by atoms with Crippen molar-refractivity contribution in [1.82, 2.24) is 0 Å². The first-order valence-electron chi connectivity index (χ1n) is 9.01. The van der Waals surface area contributed by atoms with Gasteiger partial charge in [0.2, 0.25) is 10.0 Å². The number of hydrogen-bond donors (Lipinski definition) is 4. The summed E-state index contributed by atoms with van der Waals surface area (Å²) in [6.45, 7) is 0.790. The van der Waals surface area contributed by atoms with Gasteiger partial charge < -0.3 is 15.5 Å². The third-order valence-electron chi connectivity index (χ3n) is 5.04. The standard InChI is InChI=1S/C19H20F3IN2O4S/c1-10-6-14(21)16(22)18(24-15-3-2-11(23)7-13(15)20)17(10)25-30(28,29)19(4-5-19)8-12(27)9-26/h2-3,6-7,12,24-27H,4-5,8-9H2,1H3/t12-/m0/s1. The van der Waals surface area contributed by atoms with E-state index in [1.165, 1.54) is 19.1 Å². The van der Waals surface area contributed by atoms with Crippen molar-refractivity contribution in [3.63, 3.8) is 0 Å². The molecular weight excluding hydrogens is 536 g/mol. The number of aliphatic hydroxyl groups is 2. The second-order valence-corrected chi connectivity index (χ2v) is 10.6. The van der Waals surface area contributed by atoms with Gasteiger partial charge >= 0.3 is 0 Å². The molecular formula is C19H20F3IN2O4S. The largest absolute Gasteiger partial charge is 0.394 e. The number of aryl methyl sites for hydroxylation is 1. The molecule has 0 aliphatic heterocycles. The van der Waals surface area contributed by atoms with Crippen molar-refractivity contribution in [1.29, 1.82) is 0 Å². The van der Waals surface area contributed by atoms with Crippen molar-refractivity contribution in [2.45, 2.75) is 37.0 Å². The van der Waals surface area contributed by atoms with E-state index in [4.69, 9.17) is 5.11 Å². The van der Waals surface area contributed by atoms with Gasteiger partial charge in [-0.1, -0.05) is 0 Å². The SMILES string of the molecule is Cc1cc(F)c(F)c(Nc2ccc(I)cc2F)c1NS(=O)(=O)C1(C[C@H](O)CO)CC1. The van der Waals surface area contributed by atoms with Crippen LogP contribution < -0.4 is 10.0 Å². The van der Waals surface area contributed by atoms with Crippen LogP contribution in [-0.4, -0.2) is 36.1 Å². The fraction of sp³-hybridized carbons (Fsp3) is 0.368. The number of benzene rings is 2. The van der Waals surface area contributed by atoms with E-state index in [1.54, 1.807) is 6.07 Å². The Morgan fingerprint density at radius 3 is 2.40 bits per heavy atom. The van der Waals surface area contributed by atoms with E-state index in [1.807, 2.05) is 22.6 Å². The molecule has 0 spiro atoms. The van der Waals surface area contributed by atoms with Crippen molar-refractivity contribution in [3.8, 4) is 0 Å².